The van der Waals surface area contributed by atoms with Crippen molar-refractivity contribution in [2.45, 2.75) is 13.8 Å². The van der Waals surface area contributed by atoms with Crippen LogP contribution >= 0.6 is 23.2 Å². The van der Waals surface area contributed by atoms with Gasteiger partial charge in [-0.05, 0) is 31.5 Å². The Kier molecular flexibility index (Phi) is 6.04. The molecule has 0 amide bonds. The highest BCUT2D eigenvalue weighted by Gasteiger charge is 2.14. The van der Waals surface area contributed by atoms with Gasteiger partial charge in [0.1, 0.15) is 5.02 Å². The van der Waals surface area contributed by atoms with Crippen LogP contribution < -0.4 is 10.5 Å². The molecule has 0 aliphatic rings. The van der Waals surface area contributed by atoms with Crippen molar-refractivity contribution in [3.05, 3.63) is 50.4 Å². The maximum Gasteiger partial charge on any atom is 0.292 e. The smallest absolute Gasteiger partial charge is 0.292 e. The number of benzene rings is 1. The molecular weight excluding hydrogens is 337 g/mol. The van der Waals surface area contributed by atoms with Gasteiger partial charge in [-0.15, -0.1) is 0 Å². The summed E-state index contributed by atoms with van der Waals surface area (Å²) in [6.45, 7) is 5.65. The van der Waals surface area contributed by atoms with Gasteiger partial charge in [0, 0.05) is 25.2 Å². The number of hydrogen-bond donors (Lipinski definition) is 0. The van der Waals surface area contributed by atoms with Crippen LogP contribution in [0.2, 0.25) is 10.0 Å². The fraction of sp³-hybridized carbons (Fsp3) is 0.375. The first-order valence-corrected chi connectivity index (χ1v) is 8.04. The number of halogens is 2. The van der Waals surface area contributed by atoms with Crippen molar-refractivity contribution < 1.29 is 4.74 Å². The lowest BCUT2D eigenvalue weighted by Gasteiger charge is -2.20. The van der Waals surface area contributed by atoms with Gasteiger partial charge in [0.15, 0.2) is 0 Å². The lowest BCUT2D eigenvalue weighted by atomic mass is 10.2. The predicted molar refractivity (Wildman–Crippen MR) is 94.4 cm³/mol. The van der Waals surface area contributed by atoms with E-state index in [4.69, 9.17) is 27.9 Å². The molecule has 2 rings (SSSR count). The monoisotopic (exact) mass is 355 g/mol. The van der Waals surface area contributed by atoms with Gasteiger partial charge in [0.25, 0.3) is 5.56 Å². The second kappa shape index (κ2) is 7.81. The first-order chi connectivity index (χ1) is 11.0. The molecule has 2 aromatic rings. The molecule has 0 saturated carbocycles. The van der Waals surface area contributed by atoms with Crippen molar-refractivity contribution in [1.82, 2.24) is 9.78 Å². The van der Waals surface area contributed by atoms with Crippen molar-refractivity contribution >= 4 is 28.9 Å². The quantitative estimate of drug-likeness (QED) is 0.745. The number of aromatic nitrogens is 2. The normalized spacial score (nSPS) is 10.8. The zero-order valence-electron chi connectivity index (χ0n) is 13.3. The molecule has 0 atom stereocenters. The molecular formula is C16H19Cl2N3O2. The summed E-state index contributed by atoms with van der Waals surface area (Å²) in [5, 5.41) is 4.90. The van der Waals surface area contributed by atoms with E-state index in [9.17, 15) is 4.79 Å². The lowest BCUT2D eigenvalue weighted by molar-refractivity contribution is 0.154. The van der Waals surface area contributed by atoms with Crippen molar-refractivity contribution in [3.8, 4) is 5.69 Å². The Hall–Kier alpha value is -1.56. The van der Waals surface area contributed by atoms with Crippen molar-refractivity contribution in [2.75, 3.05) is 31.7 Å². The van der Waals surface area contributed by atoms with Gasteiger partial charge in [0.2, 0.25) is 0 Å². The van der Waals surface area contributed by atoms with E-state index in [0.29, 0.717) is 36.2 Å². The highest BCUT2D eigenvalue weighted by molar-refractivity contribution is 6.33. The summed E-state index contributed by atoms with van der Waals surface area (Å²) in [6, 6.07) is 5.31. The summed E-state index contributed by atoms with van der Waals surface area (Å²) in [7, 11) is 1.84. The minimum absolute atomic E-state index is 0.121. The van der Waals surface area contributed by atoms with Crippen LogP contribution in [0.3, 0.4) is 0 Å². The number of anilines is 1. The summed E-state index contributed by atoms with van der Waals surface area (Å²) in [5.74, 6) is 0. The SMILES string of the molecule is CCOCCN(C)c1cnn(-c2ccc(C)c(Cl)c2)c(=O)c1Cl. The van der Waals surface area contributed by atoms with Gasteiger partial charge < -0.3 is 9.64 Å². The van der Waals surface area contributed by atoms with E-state index in [1.165, 1.54) is 4.68 Å². The van der Waals surface area contributed by atoms with Crippen LogP contribution in [0.1, 0.15) is 12.5 Å². The summed E-state index contributed by atoms with van der Waals surface area (Å²) in [5.41, 5.74) is 1.70. The van der Waals surface area contributed by atoms with E-state index in [0.717, 1.165) is 5.56 Å². The second-order valence-corrected chi connectivity index (χ2v) is 5.90. The maximum atomic E-state index is 12.5. The van der Waals surface area contributed by atoms with Gasteiger partial charge >= 0.3 is 0 Å². The number of aryl methyl sites for hydroxylation is 1. The van der Waals surface area contributed by atoms with Crippen LogP contribution in [0.4, 0.5) is 5.69 Å². The van der Waals surface area contributed by atoms with Crippen LogP contribution in [0.5, 0.6) is 0 Å². The number of rotatable bonds is 6. The molecule has 0 aliphatic heterocycles. The first kappa shape index (κ1) is 17.8. The fourth-order valence-electron chi connectivity index (χ4n) is 2.05. The third-order valence-electron chi connectivity index (χ3n) is 3.49. The Morgan fingerprint density at radius 2 is 2.09 bits per heavy atom. The molecule has 1 heterocycles. The molecule has 0 saturated heterocycles. The van der Waals surface area contributed by atoms with Crippen molar-refractivity contribution in [1.29, 1.82) is 0 Å². The van der Waals surface area contributed by atoms with Gasteiger partial charge in [-0.1, -0.05) is 29.3 Å². The summed E-state index contributed by atoms with van der Waals surface area (Å²) in [4.78, 5) is 14.3. The number of ether oxygens (including phenoxy) is 1. The third kappa shape index (κ3) is 4.05. The molecule has 124 valence electrons. The second-order valence-electron chi connectivity index (χ2n) is 5.11. The Labute approximate surface area is 145 Å². The first-order valence-electron chi connectivity index (χ1n) is 7.29. The fourth-order valence-corrected chi connectivity index (χ4v) is 2.50. The molecule has 0 N–H and O–H groups in total. The minimum atomic E-state index is -0.382. The maximum absolute atomic E-state index is 12.5. The largest absolute Gasteiger partial charge is 0.380 e. The number of hydrogen-bond acceptors (Lipinski definition) is 4. The summed E-state index contributed by atoms with van der Waals surface area (Å²) in [6.07, 6.45) is 1.57. The molecule has 0 radical (unpaired) electrons. The Balaban J connectivity index is 2.33. The molecule has 1 aromatic carbocycles. The van der Waals surface area contributed by atoms with Crippen LogP contribution in [0.25, 0.3) is 5.69 Å². The van der Waals surface area contributed by atoms with Crippen LogP contribution in [0, 0.1) is 6.92 Å². The van der Waals surface area contributed by atoms with Gasteiger partial charge in [-0.2, -0.15) is 9.78 Å². The third-order valence-corrected chi connectivity index (χ3v) is 4.25. The summed E-state index contributed by atoms with van der Waals surface area (Å²) >= 11 is 12.3. The van der Waals surface area contributed by atoms with E-state index in [1.54, 1.807) is 18.3 Å². The molecule has 5 nitrogen and oxygen atoms in total. The molecule has 0 aliphatic carbocycles. The van der Waals surface area contributed by atoms with Crippen molar-refractivity contribution in [2.24, 2.45) is 0 Å². The van der Waals surface area contributed by atoms with Crippen LogP contribution in [-0.4, -0.2) is 36.6 Å². The number of nitrogens with zero attached hydrogens (tertiary/aromatic N) is 3. The molecule has 7 heteroatoms. The van der Waals surface area contributed by atoms with Crippen LogP contribution in [0.15, 0.2) is 29.2 Å². The Bertz CT molecular complexity index is 747. The Morgan fingerprint density at radius 3 is 2.74 bits per heavy atom. The standard InChI is InChI=1S/C16H19Cl2N3O2/c1-4-23-8-7-20(3)14-10-19-21(16(22)15(14)18)12-6-5-11(2)13(17)9-12/h5-6,9-10H,4,7-8H2,1-3H3. The molecule has 0 fully saturated rings. The molecule has 1 aromatic heterocycles. The van der Waals surface area contributed by atoms with Gasteiger partial charge in [-0.25, -0.2) is 0 Å². The summed E-state index contributed by atoms with van der Waals surface area (Å²) < 4.78 is 6.55. The Morgan fingerprint density at radius 1 is 1.35 bits per heavy atom. The number of likely N-dealkylation sites (N-methyl/N-ethyl adjacent to an activating group) is 1. The zero-order chi connectivity index (χ0) is 17.0. The molecule has 0 bridgehead atoms. The molecule has 0 unspecified atom stereocenters. The molecule has 0 spiro atoms. The van der Waals surface area contributed by atoms with E-state index in [1.807, 2.05) is 31.9 Å². The highest BCUT2D eigenvalue weighted by Crippen LogP contribution is 2.22. The highest BCUT2D eigenvalue weighted by atomic mass is 35.5. The molecule has 23 heavy (non-hydrogen) atoms. The van der Waals surface area contributed by atoms with E-state index in [-0.39, 0.29) is 10.6 Å². The predicted octanol–water partition coefficient (Wildman–Crippen LogP) is 3.32. The zero-order valence-corrected chi connectivity index (χ0v) is 14.9. The van der Waals surface area contributed by atoms with E-state index in [2.05, 4.69) is 5.10 Å². The van der Waals surface area contributed by atoms with Gasteiger partial charge in [-0.3, -0.25) is 4.79 Å². The minimum Gasteiger partial charge on any atom is -0.380 e. The topological polar surface area (TPSA) is 47.4 Å². The van der Waals surface area contributed by atoms with E-state index >= 15 is 0 Å². The van der Waals surface area contributed by atoms with Crippen molar-refractivity contribution in [3.63, 3.8) is 0 Å². The van der Waals surface area contributed by atoms with E-state index < -0.39 is 0 Å². The average Bonchev–Trinajstić information content (AvgIpc) is 2.53. The van der Waals surface area contributed by atoms with Crippen LogP contribution in [-0.2, 0) is 4.74 Å². The average molecular weight is 356 g/mol. The lowest BCUT2D eigenvalue weighted by Crippen LogP contribution is -2.28. The van der Waals surface area contributed by atoms with Gasteiger partial charge in [0.05, 0.1) is 24.2 Å².